The lowest BCUT2D eigenvalue weighted by atomic mass is 9.80. The first kappa shape index (κ1) is 16.8. The fraction of sp³-hybridized carbons (Fsp3) is 0.867. The molecule has 1 rings (SSSR count). The maximum absolute atomic E-state index is 12.0. The molecule has 4 atom stereocenters. The zero-order valence-electron chi connectivity index (χ0n) is 12.8. The fourth-order valence-electron chi connectivity index (χ4n) is 3.06. The summed E-state index contributed by atoms with van der Waals surface area (Å²) in [5.41, 5.74) is 0. The average Bonchev–Trinajstić information content (AvgIpc) is 2.32. The lowest BCUT2D eigenvalue weighted by molar-refractivity contribution is -0.137. The predicted molar refractivity (Wildman–Crippen MR) is 78.6 cm³/mol. The Morgan fingerprint density at radius 3 is 2.55 bits per heavy atom. The molecule has 1 aliphatic rings. The lowest BCUT2D eigenvalue weighted by Gasteiger charge is -2.33. The van der Waals surface area contributed by atoms with Crippen LogP contribution in [0.3, 0.4) is 0 Å². The molecule has 5 heteroatoms. The highest BCUT2D eigenvalue weighted by Crippen LogP contribution is 2.28. The highest BCUT2D eigenvalue weighted by molar-refractivity contribution is 5.76. The molecule has 0 spiro atoms. The van der Waals surface area contributed by atoms with Gasteiger partial charge in [0.2, 0.25) is 0 Å². The van der Waals surface area contributed by atoms with Gasteiger partial charge in [0.25, 0.3) is 0 Å². The molecule has 2 amide bonds. The van der Waals surface area contributed by atoms with Gasteiger partial charge in [0.05, 0.1) is 6.42 Å². The summed E-state index contributed by atoms with van der Waals surface area (Å²) in [6, 6.07) is -0.301. The van der Waals surface area contributed by atoms with Gasteiger partial charge in [0.1, 0.15) is 0 Å². The molecule has 0 aromatic carbocycles. The average molecular weight is 284 g/mol. The van der Waals surface area contributed by atoms with Crippen molar-refractivity contribution in [3.05, 3.63) is 0 Å². The topological polar surface area (TPSA) is 78.4 Å². The third-order valence-corrected chi connectivity index (χ3v) is 4.14. The highest BCUT2D eigenvalue weighted by Gasteiger charge is 2.27. The van der Waals surface area contributed by atoms with E-state index in [2.05, 4.69) is 24.5 Å². The first-order chi connectivity index (χ1) is 9.42. The molecule has 0 aromatic rings. The third kappa shape index (κ3) is 5.80. The van der Waals surface area contributed by atoms with Crippen molar-refractivity contribution in [3.63, 3.8) is 0 Å². The number of carboxylic acid groups (broad SMARTS) is 1. The minimum absolute atomic E-state index is 0.0154. The van der Waals surface area contributed by atoms with E-state index in [4.69, 9.17) is 5.11 Å². The normalized spacial score (nSPS) is 27.6. The van der Waals surface area contributed by atoms with Gasteiger partial charge < -0.3 is 15.7 Å². The van der Waals surface area contributed by atoms with Gasteiger partial charge in [-0.05, 0) is 37.5 Å². The number of carbonyl (C=O) groups is 2. The van der Waals surface area contributed by atoms with Crippen molar-refractivity contribution in [2.24, 2.45) is 11.8 Å². The lowest BCUT2D eigenvalue weighted by Crippen LogP contribution is -2.50. The van der Waals surface area contributed by atoms with E-state index in [9.17, 15) is 9.59 Å². The van der Waals surface area contributed by atoms with Gasteiger partial charge in [-0.2, -0.15) is 0 Å². The summed E-state index contributed by atoms with van der Waals surface area (Å²) in [7, 11) is 0. The SMILES string of the molecule is CCCC(CC(=O)O)NC(=O)NC1CCC(C)CC1C. The Bertz CT molecular complexity index is 333. The molecule has 1 fully saturated rings. The van der Waals surface area contributed by atoms with Crippen LogP contribution in [0, 0.1) is 11.8 Å². The van der Waals surface area contributed by atoms with E-state index >= 15 is 0 Å². The second-order valence-electron chi connectivity index (χ2n) is 6.20. The first-order valence-electron chi connectivity index (χ1n) is 7.71. The van der Waals surface area contributed by atoms with Gasteiger partial charge in [0, 0.05) is 12.1 Å². The van der Waals surface area contributed by atoms with Crippen LogP contribution in [0.15, 0.2) is 0 Å². The van der Waals surface area contributed by atoms with E-state index in [1.54, 1.807) is 0 Å². The van der Waals surface area contributed by atoms with Crippen molar-refractivity contribution in [2.75, 3.05) is 0 Å². The van der Waals surface area contributed by atoms with Crippen molar-refractivity contribution in [1.29, 1.82) is 0 Å². The molecule has 4 unspecified atom stereocenters. The fourth-order valence-corrected chi connectivity index (χ4v) is 3.06. The molecule has 0 bridgehead atoms. The van der Waals surface area contributed by atoms with E-state index < -0.39 is 5.97 Å². The Balaban J connectivity index is 2.42. The maximum atomic E-state index is 12.0. The molecule has 20 heavy (non-hydrogen) atoms. The Labute approximate surface area is 121 Å². The molecule has 5 nitrogen and oxygen atoms in total. The van der Waals surface area contributed by atoms with Crippen LogP contribution in [0.4, 0.5) is 4.79 Å². The molecule has 1 saturated carbocycles. The quantitative estimate of drug-likeness (QED) is 0.701. The summed E-state index contributed by atoms with van der Waals surface area (Å²) in [6.07, 6.45) is 4.82. The summed E-state index contributed by atoms with van der Waals surface area (Å²) in [5.74, 6) is 0.336. The van der Waals surface area contributed by atoms with E-state index in [-0.39, 0.29) is 24.5 Å². The zero-order chi connectivity index (χ0) is 15.1. The molecule has 0 radical (unpaired) electrons. The number of carbonyl (C=O) groups excluding carboxylic acids is 1. The number of hydrogen-bond donors (Lipinski definition) is 3. The van der Waals surface area contributed by atoms with Crippen LogP contribution in [0.2, 0.25) is 0 Å². The zero-order valence-corrected chi connectivity index (χ0v) is 12.8. The highest BCUT2D eigenvalue weighted by atomic mass is 16.4. The van der Waals surface area contributed by atoms with E-state index in [0.29, 0.717) is 12.3 Å². The van der Waals surface area contributed by atoms with E-state index in [1.165, 1.54) is 0 Å². The van der Waals surface area contributed by atoms with Gasteiger partial charge in [-0.3, -0.25) is 4.79 Å². The van der Waals surface area contributed by atoms with Gasteiger partial charge in [0.15, 0.2) is 0 Å². The van der Waals surface area contributed by atoms with Crippen molar-refractivity contribution in [2.45, 2.75) is 71.4 Å². The Morgan fingerprint density at radius 2 is 2.00 bits per heavy atom. The number of aliphatic carboxylic acids is 1. The molecule has 3 N–H and O–H groups in total. The van der Waals surface area contributed by atoms with Crippen LogP contribution in [0.1, 0.15) is 59.3 Å². The second-order valence-corrected chi connectivity index (χ2v) is 6.20. The van der Waals surface area contributed by atoms with Crippen LogP contribution >= 0.6 is 0 Å². The number of nitrogens with one attached hydrogen (secondary N) is 2. The summed E-state index contributed by atoms with van der Waals surface area (Å²) in [5, 5.41) is 14.7. The molecule has 116 valence electrons. The van der Waals surface area contributed by atoms with Crippen LogP contribution in [-0.2, 0) is 4.79 Å². The summed E-state index contributed by atoms with van der Waals surface area (Å²) >= 11 is 0. The second kappa shape index (κ2) is 8.12. The number of hydrogen-bond acceptors (Lipinski definition) is 2. The molecule has 0 saturated heterocycles. The van der Waals surface area contributed by atoms with Crippen molar-refractivity contribution >= 4 is 12.0 Å². The Hall–Kier alpha value is -1.26. The number of rotatable bonds is 6. The molecule has 0 aliphatic heterocycles. The van der Waals surface area contributed by atoms with Crippen LogP contribution in [-0.4, -0.2) is 29.2 Å². The van der Waals surface area contributed by atoms with Crippen molar-refractivity contribution < 1.29 is 14.7 Å². The summed E-state index contributed by atoms with van der Waals surface area (Å²) in [6.45, 7) is 6.40. The molecule has 1 aliphatic carbocycles. The standard InChI is InChI=1S/C15H28N2O3/c1-4-5-12(9-14(18)19)16-15(20)17-13-7-6-10(2)8-11(13)3/h10-13H,4-9H2,1-3H3,(H,18,19)(H2,16,17,20). The maximum Gasteiger partial charge on any atom is 0.315 e. The number of amides is 2. The molecule has 0 heterocycles. The molecule has 0 aromatic heterocycles. The minimum atomic E-state index is -0.872. The largest absolute Gasteiger partial charge is 0.481 e. The summed E-state index contributed by atoms with van der Waals surface area (Å²) in [4.78, 5) is 22.8. The smallest absolute Gasteiger partial charge is 0.315 e. The summed E-state index contributed by atoms with van der Waals surface area (Å²) < 4.78 is 0. The van der Waals surface area contributed by atoms with Crippen LogP contribution in [0.25, 0.3) is 0 Å². The van der Waals surface area contributed by atoms with Gasteiger partial charge in [-0.1, -0.05) is 27.2 Å². The van der Waals surface area contributed by atoms with E-state index in [1.807, 2.05) is 6.92 Å². The minimum Gasteiger partial charge on any atom is -0.481 e. The van der Waals surface area contributed by atoms with E-state index in [0.717, 1.165) is 31.6 Å². The van der Waals surface area contributed by atoms with Gasteiger partial charge in [-0.25, -0.2) is 4.79 Å². The number of carboxylic acids is 1. The Morgan fingerprint density at radius 1 is 1.30 bits per heavy atom. The van der Waals surface area contributed by atoms with Gasteiger partial charge in [-0.15, -0.1) is 0 Å². The van der Waals surface area contributed by atoms with Crippen LogP contribution in [0.5, 0.6) is 0 Å². The monoisotopic (exact) mass is 284 g/mol. The Kier molecular flexibility index (Phi) is 6.82. The molecular formula is C15H28N2O3. The molecular weight excluding hydrogens is 256 g/mol. The van der Waals surface area contributed by atoms with Gasteiger partial charge >= 0.3 is 12.0 Å². The number of urea groups is 1. The third-order valence-electron chi connectivity index (χ3n) is 4.14. The van der Waals surface area contributed by atoms with Crippen molar-refractivity contribution in [1.82, 2.24) is 10.6 Å². The van der Waals surface area contributed by atoms with Crippen molar-refractivity contribution in [3.8, 4) is 0 Å². The predicted octanol–water partition coefficient (Wildman–Crippen LogP) is 2.75. The van der Waals surface area contributed by atoms with Crippen LogP contribution < -0.4 is 10.6 Å². The first-order valence-corrected chi connectivity index (χ1v) is 7.71.